The molecule has 90 valence electrons. The normalized spacial score (nSPS) is 20.0. The molecule has 1 saturated heterocycles. The molecule has 1 heterocycles. The summed E-state index contributed by atoms with van der Waals surface area (Å²) in [6.07, 6.45) is 4.11. The van der Waals surface area contributed by atoms with Gasteiger partial charge in [0.15, 0.2) is 0 Å². The third-order valence-corrected chi connectivity index (χ3v) is 3.35. The van der Waals surface area contributed by atoms with E-state index in [2.05, 4.69) is 36.1 Å². The van der Waals surface area contributed by atoms with Crippen LogP contribution in [0.4, 0.5) is 0 Å². The summed E-state index contributed by atoms with van der Waals surface area (Å²) in [6.45, 7) is 8.46. The molecule has 1 aliphatic heterocycles. The summed E-state index contributed by atoms with van der Waals surface area (Å²) in [5.74, 6) is 0. The maximum Gasteiger partial charge on any atom is 0.0186 e. The molecular formula is C12H27N3. The van der Waals surface area contributed by atoms with Gasteiger partial charge in [-0.25, -0.2) is 0 Å². The van der Waals surface area contributed by atoms with Gasteiger partial charge in [-0.05, 0) is 66.5 Å². The van der Waals surface area contributed by atoms with Crippen LogP contribution < -0.4 is 5.32 Å². The fourth-order valence-electron chi connectivity index (χ4n) is 1.93. The number of likely N-dealkylation sites (tertiary alicyclic amines) is 1. The molecule has 0 spiro atoms. The molecule has 0 aromatic heterocycles. The fraction of sp³-hybridized carbons (Fsp3) is 1.00. The van der Waals surface area contributed by atoms with Gasteiger partial charge < -0.3 is 15.1 Å². The van der Waals surface area contributed by atoms with Gasteiger partial charge in [-0.2, -0.15) is 0 Å². The van der Waals surface area contributed by atoms with Gasteiger partial charge in [0.2, 0.25) is 0 Å². The predicted molar refractivity (Wildman–Crippen MR) is 66.3 cm³/mol. The lowest BCUT2D eigenvalue weighted by molar-refractivity contribution is 0.295. The van der Waals surface area contributed by atoms with Crippen LogP contribution in [0.15, 0.2) is 0 Å². The van der Waals surface area contributed by atoms with E-state index in [1.165, 1.54) is 38.9 Å². The molecular weight excluding hydrogens is 186 g/mol. The Morgan fingerprint density at radius 2 is 1.93 bits per heavy atom. The van der Waals surface area contributed by atoms with Crippen molar-refractivity contribution in [2.45, 2.75) is 32.2 Å². The Hall–Kier alpha value is -0.120. The number of nitrogens with one attached hydrogen (secondary N) is 1. The number of hydrogen-bond donors (Lipinski definition) is 1. The van der Waals surface area contributed by atoms with Crippen molar-refractivity contribution in [3.63, 3.8) is 0 Å². The van der Waals surface area contributed by atoms with E-state index in [-0.39, 0.29) is 0 Å². The lowest BCUT2D eigenvalue weighted by Gasteiger charge is -2.20. The van der Waals surface area contributed by atoms with Gasteiger partial charge >= 0.3 is 0 Å². The van der Waals surface area contributed by atoms with Crippen molar-refractivity contribution in [1.82, 2.24) is 15.1 Å². The van der Waals surface area contributed by atoms with Crippen LogP contribution in [0, 0.1) is 0 Å². The van der Waals surface area contributed by atoms with E-state index >= 15 is 0 Å². The quantitative estimate of drug-likeness (QED) is 0.637. The monoisotopic (exact) mass is 213 g/mol. The summed E-state index contributed by atoms with van der Waals surface area (Å²) < 4.78 is 0. The van der Waals surface area contributed by atoms with E-state index in [0.717, 1.165) is 13.1 Å². The molecule has 0 aliphatic carbocycles. The number of likely N-dealkylation sites (N-methyl/N-ethyl adjacent to an activating group) is 1. The molecule has 1 atom stereocenters. The standard InChI is InChI=1S/C12H27N3/c1-12(14(2)3)11-13-7-6-10-15-8-4-5-9-15/h12-13H,4-11H2,1-3H3. The first kappa shape index (κ1) is 12.9. The third kappa shape index (κ3) is 5.50. The predicted octanol–water partition coefficient (Wildman–Crippen LogP) is 1.01. The summed E-state index contributed by atoms with van der Waals surface area (Å²) in [7, 11) is 4.27. The minimum absolute atomic E-state index is 0.636. The van der Waals surface area contributed by atoms with Crippen LogP contribution in [0.5, 0.6) is 0 Å². The van der Waals surface area contributed by atoms with Gasteiger partial charge in [-0.3, -0.25) is 0 Å². The minimum Gasteiger partial charge on any atom is -0.315 e. The lowest BCUT2D eigenvalue weighted by atomic mass is 10.3. The van der Waals surface area contributed by atoms with Gasteiger partial charge in [0.05, 0.1) is 0 Å². The van der Waals surface area contributed by atoms with E-state index < -0.39 is 0 Å². The van der Waals surface area contributed by atoms with Gasteiger partial charge in [-0.1, -0.05) is 0 Å². The van der Waals surface area contributed by atoms with Crippen molar-refractivity contribution < 1.29 is 0 Å². The molecule has 1 aliphatic rings. The second-order valence-corrected chi connectivity index (χ2v) is 4.92. The number of rotatable bonds is 7. The summed E-state index contributed by atoms with van der Waals surface area (Å²) in [5.41, 5.74) is 0. The minimum atomic E-state index is 0.636. The average molecular weight is 213 g/mol. The van der Waals surface area contributed by atoms with E-state index in [9.17, 15) is 0 Å². The van der Waals surface area contributed by atoms with Crippen molar-refractivity contribution in [2.75, 3.05) is 46.8 Å². The molecule has 0 bridgehead atoms. The van der Waals surface area contributed by atoms with E-state index in [0.29, 0.717) is 6.04 Å². The van der Waals surface area contributed by atoms with Crippen LogP contribution >= 0.6 is 0 Å². The van der Waals surface area contributed by atoms with Gasteiger partial charge in [0.1, 0.15) is 0 Å². The zero-order chi connectivity index (χ0) is 11.1. The lowest BCUT2D eigenvalue weighted by Crippen LogP contribution is -2.36. The summed E-state index contributed by atoms with van der Waals surface area (Å²) in [5, 5.41) is 3.52. The van der Waals surface area contributed by atoms with E-state index in [4.69, 9.17) is 0 Å². The van der Waals surface area contributed by atoms with E-state index in [1.54, 1.807) is 0 Å². The largest absolute Gasteiger partial charge is 0.315 e. The Morgan fingerprint density at radius 1 is 1.27 bits per heavy atom. The highest BCUT2D eigenvalue weighted by molar-refractivity contribution is 4.67. The van der Waals surface area contributed by atoms with Crippen molar-refractivity contribution in [1.29, 1.82) is 0 Å². The van der Waals surface area contributed by atoms with E-state index in [1.807, 2.05) is 0 Å². The maximum atomic E-state index is 3.52. The molecule has 0 amide bonds. The molecule has 3 heteroatoms. The van der Waals surface area contributed by atoms with Crippen molar-refractivity contribution in [2.24, 2.45) is 0 Å². The molecule has 0 aromatic carbocycles. The van der Waals surface area contributed by atoms with Crippen LogP contribution in [-0.2, 0) is 0 Å². The first-order chi connectivity index (χ1) is 7.20. The van der Waals surface area contributed by atoms with Gasteiger partial charge in [-0.15, -0.1) is 0 Å². The molecule has 1 unspecified atom stereocenters. The Labute approximate surface area is 94.8 Å². The Balaban J connectivity index is 1.88. The molecule has 0 radical (unpaired) electrons. The number of hydrogen-bond acceptors (Lipinski definition) is 3. The third-order valence-electron chi connectivity index (χ3n) is 3.35. The fourth-order valence-corrected chi connectivity index (χ4v) is 1.93. The van der Waals surface area contributed by atoms with Gasteiger partial charge in [0, 0.05) is 12.6 Å². The molecule has 0 saturated carbocycles. The number of nitrogens with zero attached hydrogens (tertiary/aromatic N) is 2. The van der Waals surface area contributed by atoms with Crippen molar-refractivity contribution >= 4 is 0 Å². The highest BCUT2D eigenvalue weighted by Gasteiger charge is 2.10. The highest BCUT2D eigenvalue weighted by Crippen LogP contribution is 2.06. The first-order valence-electron chi connectivity index (χ1n) is 6.29. The molecule has 1 fully saturated rings. The molecule has 3 nitrogen and oxygen atoms in total. The van der Waals surface area contributed by atoms with Crippen molar-refractivity contribution in [3.8, 4) is 0 Å². The topological polar surface area (TPSA) is 18.5 Å². The first-order valence-corrected chi connectivity index (χ1v) is 6.29. The molecule has 0 aromatic rings. The van der Waals surface area contributed by atoms with Crippen LogP contribution in [0.25, 0.3) is 0 Å². The molecule has 15 heavy (non-hydrogen) atoms. The van der Waals surface area contributed by atoms with Crippen LogP contribution in [0.3, 0.4) is 0 Å². The summed E-state index contributed by atoms with van der Waals surface area (Å²) in [4.78, 5) is 4.84. The molecule has 1 rings (SSSR count). The summed E-state index contributed by atoms with van der Waals surface area (Å²) in [6, 6.07) is 0.636. The van der Waals surface area contributed by atoms with Crippen LogP contribution in [0.1, 0.15) is 26.2 Å². The Morgan fingerprint density at radius 3 is 2.53 bits per heavy atom. The average Bonchev–Trinajstić information content (AvgIpc) is 2.69. The Bertz CT molecular complexity index is 149. The zero-order valence-electron chi connectivity index (χ0n) is 10.6. The van der Waals surface area contributed by atoms with Crippen LogP contribution in [0.2, 0.25) is 0 Å². The highest BCUT2D eigenvalue weighted by atomic mass is 15.1. The van der Waals surface area contributed by atoms with Gasteiger partial charge in [0.25, 0.3) is 0 Å². The van der Waals surface area contributed by atoms with Crippen molar-refractivity contribution in [3.05, 3.63) is 0 Å². The second-order valence-electron chi connectivity index (χ2n) is 4.92. The van der Waals surface area contributed by atoms with Crippen LogP contribution in [-0.4, -0.2) is 62.7 Å². The molecule has 1 N–H and O–H groups in total. The summed E-state index contributed by atoms with van der Waals surface area (Å²) >= 11 is 0. The second kappa shape index (κ2) is 7.20. The maximum absolute atomic E-state index is 3.52. The smallest absolute Gasteiger partial charge is 0.0186 e. The SMILES string of the molecule is CC(CNCCCN1CCCC1)N(C)C. The Kier molecular flexibility index (Phi) is 6.22. The zero-order valence-corrected chi connectivity index (χ0v) is 10.6.